The van der Waals surface area contributed by atoms with Crippen molar-refractivity contribution in [3.05, 3.63) is 81.7 Å². The van der Waals surface area contributed by atoms with E-state index < -0.39 is 16.0 Å². The van der Waals surface area contributed by atoms with Crippen molar-refractivity contribution in [1.29, 1.82) is 0 Å². The fraction of sp³-hybridized carbons (Fsp3) is 0.375. The highest BCUT2D eigenvalue weighted by Gasteiger charge is 2.41. The van der Waals surface area contributed by atoms with E-state index >= 15 is 0 Å². The van der Waals surface area contributed by atoms with Crippen LogP contribution in [0, 0.1) is 0 Å². The van der Waals surface area contributed by atoms with Crippen molar-refractivity contribution in [3.8, 4) is 0 Å². The smallest absolute Gasteiger partial charge is 0.297 e. The lowest BCUT2D eigenvalue weighted by Gasteiger charge is -2.33. The number of carbonyl (C=O) groups excluding carboxylic acids is 1. The summed E-state index contributed by atoms with van der Waals surface area (Å²) in [6.45, 7) is 3.96. The van der Waals surface area contributed by atoms with Gasteiger partial charge in [-0.05, 0) is 55.2 Å². The molecule has 0 aromatic heterocycles. The predicted octanol–water partition coefficient (Wildman–Crippen LogP) is 2.51. The minimum Gasteiger partial charge on any atom is -0.369 e. The lowest BCUT2D eigenvalue weighted by atomic mass is 10.00. The standard InChI is InChI=1S/C24H28N4O4S.2ClH/c29-24(25-11-3-4-12-27-13-10-17-6-1-2-7-18(17)16-27)20-14-19-15-26-22-9-5-8-21(28(19)22)23(20)33(30,31)32;;/h1-2,5-9,14,19,26H,3-4,10-13,15-16H2,(H,25,29)(H,30,31,32);2*1H. The van der Waals surface area contributed by atoms with Gasteiger partial charge in [-0.3, -0.25) is 14.2 Å². The Morgan fingerprint density at radius 1 is 1.17 bits per heavy atom. The van der Waals surface area contributed by atoms with Crippen molar-refractivity contribution in [3.63, 3.8) is 0 Å². The molecule has 0 aliphatic carbocycles. The number of nitrogens with zero attached hydrogens (tertiary/aromatic N) is 2. The van der Waals surface area contributed by atoms with Crippen LogP contribution in [0.5, 0.6) is 0 Å². The number of nitrogens with one attached hydrogen (secondary N) is 2. The SMILES string of the molecule is Cl.Cl.O=C(NCCCCN1CCc2ccccc2C1)C1=CC2CNC3=CC=CC(=C1S(=O)(=O)O)N32. The van der Waals surface area contributed by atoms with Crippen molar-refractivity contribution in [1.82, 2.24) is 20.4 Å². The number of carbonyl (C=O) groups is 1. The predicted molar refractivity (Wildman–Crippen MR) is 140 cm³/mol. The first-order valence-electron chi connectivity index (χ1n) is 11.3. The zero-order chi connectivity index (χ0) is 23.0. The van der Waals surface area contributed by atoms with Crippen LogP contribution >= 0.6 is 24.8 Å². The molecular weight excluding hydrogens is 511 g/mol. The highest BCUT2D eigenvalue weighted by Crippen LogP contribution is 2.37. The van der Waals surface area contributed by atoms with E-state index in [1.807, 2.05) is 6.08 Å². The lowest BCUT2D eigenvalue weighted by molar-refractivity contribution is -0.117. The Morgan fingerprint density at radius 2 is 1.94 bits per heavy atom. The van der Waals surface area contributed by atoms with Gasteiger partial charge in [0.15, 0.2) is 0 Å². The molecule has 1 atom stereocenters. The van der Waals surface area contributed by atoms with Crippen molar-refractivity contribution < 1.29 is 17.8 Å². The molecule has 1 amide bonds. The molecular formula is C24H30Cl2N4O4S. The zero-order valence-electron chi connectivity index (χ0n) is 19.1. The van der Waals surface area contributed by atoms with Gasteiger partial charge in [-0.1, -0.05) is 30.3 Å². The molecule has 8 nitrogen and oxygen atoms in total. The van der Waals surface area contributed by atoms with Crippen LogP contribution < -0.4 is 10.6 Å². The summed E-state index contributed by atoms with van der Waals surface area (Å²) in [5.74, 6) is 0.285. The normalized spacial score (nSPS) is 20.5. The Hall–Kier alpha value is -2.30. The van der Waals surface area contributed by atoms with Crippen molar-refractivity contribution >= 4 is 40.8 Å². The first kappa shape index (κ1) is 27.3. The zero-order valence-corrected chi connectivity index (χ0v) is 21.6. The van der Waals surface area contributed by atoms with Gasteiger partial charge in [0.25, 0.3) is 16.0 Å². The number of hydrogen-bond donors (Lipinski definition) is 3. The summed E-state index contributed by atoms with van der Waals surface area (Å²) < 4.78 is 34.3. The number of halogens is 2. The number of allylic oxidation sites excluding steroid dienone is 3. The van der Waals surface area contributed by atoms with Crippen molar-refractivity contribution in [2.24, 2.45) is 0 Å². The second-order valence-electron chi connectivity index (χ2n) is 8.76. The van der Waals surface area contributed by atoms with Crippen LogP contribution in [0.2, 0.25) is 0 Å². The van der Waals surface area contributed by atoms with Crippen molar-refractivity contribution in [2.45, 2.75) is 31.8 Å². The van der Waals surface area contributed by atoms with E-state index in [1.165, 1.54) is 11.1 Å². The van der Waals surface area contributed by atoms with Gasteiger partial charge in [-0.25, -0.2) is 0 Å². The maximum absolute atomic E-state index is 12.9. The van der Waals surface area contributed by atoms with Gasteiger partial charge in [0.2, 0.25) is 0 Å². The average molecular weight is 542 g/mol. The molecule has 1 unspecified atom stereocenters. The summed E-state index contributed by atoms with van der Waals surface area (Å²) in [6, 6.07) is 8.36. The molecule has 1 aromatic rings. The summed E-state index contributed by atoms with van der Waals surface area (Å²) in [7, 11) is -4.59. The van der Waals surface area contributed by atoms with E-state index in [4.69, 9.17) is 0 Å². The number of hydrogen-bond acceptors (Lipinski definition) is 6. The molecule has 5 rings (SSSR count). The molecule has 1 saturated heterocycles. The summed E-state index contributed by atoms with van der Waals surface area (Å²) in [4.78, 5) is 16.8. The fourth-order valence-electron chi connectivity index (χ4n) is 5.00. The van der Waals surface area contributed by atoms with Gasteiger partial charge in [-0.15, -0.1) is 24.8 Å². The third-order valence-corrected chi connectivity index (χ3v) is 7.53. The Labute approximate surface area is 218 Å². The minimum atomic E-state index is -4.59. The first-order valence-corrected chi connectivity index (χ1v) is 12.8. The molecule has 1 fully saturated rings. The van der Waals surface area contributed by atoms with E-state index in [-0.39, 0.29) is 41.3 Å². The second-order valence-corrected chi connectivity index (χ2v) is 10.1. The van der Waals surface area contributed by atoms with E-state index in [2.05, 4.69) is 39.8 Å². The molecule has 4 aliphatic heterocycles. The summed E-state index contributed by atoms with van der Waals surface area (Å²) in [5.41, 5.74) is 3.15. The second kappa shape index (κ2) is 11.2. The van der Waals surface area contributed by atoms with Gasteiger partial charge >= 0.3 is 0 Å². The molecule has 11 heteroatoms. The van der Waals surface area contributed by atoms with E-state index in [0.29, 0.717) is 18.8 Å². The maximum atomic E-state index is 12.9. The van der Waals surface area contributed by atoms with Crippen LogP contribution in [0.25, 0.3) is 0 Å². The number of amides is 1. The number of unbranched alkanes of at least 4 members (excludes halogenated alkanes) is 1. The highest BCUT2D eigenvalue weighted by atomic mass is 35.5. The minimum absolute atomic E-state index is 0. The van der Waals surface area contributed by atoms with E-state index in [0.717, 1.165) is 44.7 Å². The first-order chi connectivity index (χ1) is 15.9. The van der Waals surface area contributed by atoms with Crippen LogP contribution in [0.3, 0.4) is 0 Å². The van der Waals surface area contributed by atoms with Gasteiger partial charge in [0, 0.05) is 26.2 Å². The van der Waals surface area contributed by atoms with Gasteiger partial charge < -0.3 is 15.5 Å². The van der Waals surface area contributed by atoms with Gasteiger partial charge in [0.1, 0.15) is 10.7 Å². The molecule has 35 heavy (non-hydrogen) atoms. The molecule has 4 heterocycles. The van der Waals surface area contributed by atoms with E-state index in [1.54, 1.807) is 23.1 Å². The molecule has 0 bridgehead atoms. The molecule has 190 valence electrons. The molecule has 0 spiro atoms. The summed E-state index contributed by atoms with van der Waals surface area (Å²) >= 11 is 0. The quantitative estimate of drug-likeness (QED) is 0.360. The average Bonchev–Trinajstić information content (AvgIpc) is 3.22. The van der Waals surface area contributed by atoms with Crippen LogP contribution in [-0.4, -0.2) is 60.9 Å². The van der Waals surface area contributed by atoms with Crippen LogP contribution in [0.15, 0.2) is 70.6 Å². The third kappa shape index (κ3) is 5.59. The Morgan fingerprint density at radius 3 is 2.71 bits per heavy atom. The van der Waals surface area contributed by atoms with Crippen LogP contribution in [-0.2, 0) is 27.9 Å². The number of benzene rings is 1. The molecule has 0 saturated carbocycles. The molecule has 1 aromatic carbocycles. The van der Waals surface area contributed by atoms with Gasteiger partial charge in [-0.2, -0.15) is 8.42 Å². The molecule has 4 aliphatic rings. The molecule has 0 radical (unpaired) electrons. The lowest BCUT2D eigenvalue weighted by Crippen LogP contribution is -2.38. The highest BCUT2D eigenvalue weighted by molar-refractivity contribution is 7.90. The Kier molecular flexibility index (Phi) is 8.72. The largest absolute Gasteiger partial charge is 0.369 e. The fourth-order valence-corrected chi connectivity index (χ4v) is 5.87. The van der Waals surface area contributed by atoms with Crippen LogP contribution in [0.4, 0.5) is 0 Å². The summed E-state index contributed by atoms with van der Waals surface area (Å²) in [5, 5.41) is 6.05. The van der Waals surface area contributed by atoms with Crippen LogP contribution in [0.1, 0.15) is 24.0 Å². The topological polar surface area (TPSA) is 102 Å². The Bertz CT molecular complexity index is 1210. The molecule has 3 N–H and O–H groups in total. The van der Waals surface area contributed by atoms with E-state index in [9.17, 15) is 17.8 Å². The third-order valence-electron chi connectivity index (χ3n) is 6.59. The summed E-state index contributed by atoms with van der Waals surface area (Å²) in [6.07, 6.45) is 9.58. The van der Waals surface area contributed by atoms with Gasteiger partial charge in [0.05, 0.1) is 17.3 Å². The van der Waals surface area contributed by atoms with Crippen molar-refractivity contribution in [2.75, 3.05) is 26.2 Å². The maximum Gasteiger partial charge on any atom is 0.297 e. The monoisotopic (exact) mass is 540 g/mol. The number of fused-ring (bicyclic) bond motifs is 1. The Balaban J connectivity index is 0.00000171. The number of rotatable bonds is 7.